The van der Waals surface area contributed by atoms with E-state index in [0.717, 1.165) is 0 Å². The standard InChI is InChI=1S/C15H12ClNO5/c1-21-12-6-7-15(13(8-12)17(19)20)22-9-14(18)10-2-4-11(16)5-3-10/h2-8H,9H2,1H3. The maximum Gasteiger partial charge on any atom is 0.314 e. The van der Waals surface area contributed by atoms with Crippen LogP contribution in [0.25, 0.3) is 0 Å². The van der Waals surface area contributed by atoms with Crippen LogP contribution in [0.2, 0.25) is 5.02 Å². The second-order valence-corrected chi connectivity index (χ2v) is 4.75. The summed E-state index contributed by atoms with van der Waals surface area (Å²) in [6.07, 6.45) is 0. The van der Waals surface area contributed by atoms with E-state index in [0.29, 0.717) is 16.3 Å². The van der Waals surface area contributed by atoms with Crippen LogP contribution in [0.15, 0.2) is 42.5 Å². The number of benzene rings is 2. The highest BCUT2D eigenvalue weighted by Gasteiger charge is 2.18. The number of halogens is 1. The Hall–Kier alpha value is -2.60. The molecule has 2 aromatic carbocycles. The predicted octanol–water partition coefficient (Wildman–Crippen LogP) is 3.52. The highest BCUT2D eigenvalue weighted by Crippen LogP contribution is 2.31. The van der Waals surface area contributed by atoms with Crippen LogP contribution in [-0.4, -0.2) is 24.4 Å². The number of ether oxygens (including phenoxy) is 2. The number of rotatable bonds is 6. The van der Waals surface area contributed by atoms with Crippen LogP contribution in [0.3, 0.4) is 0 Å². The lowest BCUT2D eigenvalue weighted by atomic mass is 10.1. The lowest BCUT2D eigenvalue weighted by molar-refractivity contribution is -0.385. The van der Waals surface area contributed by atoms with Crippen molar-refractivity contribution >= 4 is 23.1 Å². The highest BCUT2D eigenvalue weighted by molar-refractivity contribution is 6.30. The molecule has 0 aromatic heterocycles. The van der Waals surface area contributed by atoms with Gasteiger partial charge in [0, 0.05) is 10.6 Å². The third-order valence-corrected chi connectivity index (χ3v) is 3.14. The minimum absolute atomic E-state index is 0.00751. The van der Waals surface area contributed by atoms with Gasteiger partial charge in [-0.25, -0.2) is 0 Å². The molecule has 6 nitrogen and oxygen atoms in total. The van der Waals surface area contributed by atoms with Crippen molar-refractivity contribution in [1.82, 2.24) is 0 Å². The molecule has 0 spiro atoms. The first-order valence-electron chi connectivity index (χ1n) is 6.25. The lowest BCUT2D eigenvalue weighted by Crippen LogP contribution is -2.12. The SMILES string of the molecule is COc1ccc(OCC(=O)c2ccc(Cl)cc2)c([N+](=O)[O-])c1. The summed E-state index contributed by atoms with van der Waals surface area (Å²) in [6.45, 7) is -0.311. The number of hydrogen-bond acceptors (Lipinski definition) is 5. The van der Waals surface area contributed by atoms with Gasteiger partial charge in [-0.05, 0) is 36.4 Å². The van der Waals surface area contributed by atoms with Crippen LogP contribution in [0.4, 0.5) is 5.69 Å². The van der Waals surface area contributed by atoms with Gasteiger partial charge >= 0.3 is 5.69 Å². The van der Waals surface area contributed by atoms with Crippen molar-refractivity contribution in [2.45, 2.75) is 0 Å². The highest BCUT2D eigenvalue weighted by atomic mass is 35.5. The van der Waals surface area contributed by atoms with Gasteiger partial charge in [-0.15, -0.1) is 0 Å². The van der Waals surface area contributed by atoms with Crippen molar-refractivity contribution in [3.05, 3.63) is 63.2 Å². The molecule has 2 rings (SSSR count). The average Bonchev–Trinajstić information content (AvgIpc) is 2.53. The second kappa shape index (κ2) is 6.91. The molecule has 0 atom stereocenters. The first kappa shape index (κ1) is 15.8. The molecule has 0 saturated heterocycles. The molecule has 0 N–H and O–H groups in total. The Bertz CT molecular complexity index is 700. The van der Waals surface area contributed by atoms with Crippen LogP contribution < -0.4 is 9.47 Å². The fourth-order valence-corrected chi connectivity index (χ4v) is 1.88. The van der Waals surface area contributed by atoms with Gasteiger partial charge in [0.05, 0.1) is 18.1 Å². The molecule has 0 bridgehead atoms. The van der Waals surface area contributed by atoms with Crippen molar-refractivity contribution in [1.29, 1.82) is 0 Å². The van der Waals surface area contributed by atoms with Crippen LogP contribution in [0, 0.1) is 10.1 Å². The van der Waals surface area contributed by atoms with Crippen molar-refractivity contribution in [3.63, 3.8) is 0 Å². The summed E-state index contributed by atoms with van der Waals surface area (Å²) in [5.41, 5.74) is 0.156. The largest absolute Gasteiger partial charge is 0.496 e. The summed E-state index contributed by atoms with van der Waals surface area (Å²) < 4.78 is 10.2. The quantitative estimate of drug-likeness (QED) is 0.462. The van der Waals surface area contributed by atoms with Gasteiger partial charge < -0.3 is 9.47 Å². The number of carbonyl (C=O) groups excluding carboxylic acids is 1. The molecule has 0 aliphatic rings. The van der Waals surface area contributed by atoms with Crippen LogP contribution in [0.5, 0.6) is 11.5 Å². The minimum atomic E-state index is -0.593. The van der Waals surface area contributed by atoms with Gasteiger partial charge in [-0.1, -0.05) is 11.6 Å². The third kappa shape index (κ3) is 3.73. The molecule has 0 amide bonds. The molecule has 114 valence electrons. The van der Waals surface area contributed by atoms with E-state index in [1.54, 1.807) is 24.3 Å². The Kier molecular flexibility index (Phi) is 4.95. The Morgan fingerprint density at radius 1 is 1.23 bits per heavy atom. The molecule has 0 fully saturated rings. The number of Topliss-reactive ketones (excluding diaryl/α,β-unsaturated/α-hetero) is 1. The number of methoxy groups -OCH3 is 1. The molecule has 7 heteroatoms. The number of nitrogens with zero attached hydrogens (tertiary/aromatic N) is 1. The van der Waals surface area contributed by atoms with Crippen molar-refractivity contribution in [2.75, 3.05) is 13.7 Å². The molecule has 0 aliphatic carbocycles. The van der Waals surface area contributed by atoms with E-state index in [1.165, 1.54) is 25.3 Å². The average molecular weight is 322 g/mol. The van der Waals surface area contributed by atoms with E-state index in [-0.39, 0.29) is 23.8 Å². The Morgan fingerprint density at radius 2 is 1.91 bits per heavy atom. The monoisotopic (exact) mass is 321 g/mol. The van der Waals surface area contributed by atoms with Gasteiger partial charge in [0.2, 0.25) is 0 Å². The summed E-state index contributed by atoms with van der Waals surface area (Å²) in [6, 6.07) is 10.5. The molecule has 0 heterocycles. The topological polar surface area (TPSA) is 78.7 Å². The minimum Gasteiger partial charge on any atom is -0.496 e. The molecule has 22 heavy (non-hydrogen) atoms. The maximum absolute atomic E-state index is 12.0. The summed E-state index contributed by atoms with van der Waals surface area (Å²) >= 11 is 5.74. The molecule has 0 radical (unpaired) electrons. The summed E-state index contributed by atoms with van der Waals surface area (Å²) in [5, 5.41) is 11.5. The smallest absolute Gasteiger partial charge is 0.314 e. The van der Waals surface area contributed by atoms with Crippen molar-refractivity contribution < 1.29 is 19.2 Å². The van der Waals surface area contributed by atoms with Gasteiger partial charge in [0.1, 0.15) is 5.75 Å². The zero-order valence-corrected chi connectivity index (χ0v) is 12.4. The zero-order valence-electron chi connectivity index (χ0n) is 11.6. The number of hydrogen-bond donors (Lipinski definition) is 0. The molecule has 0 unspecified atom stereocenters. The van der Waals surface area contributed by atoms with E-state index >= 15 is 0 Å². The van der Waals surface area contributed by atoms with Gasteiger partial charge in [0.25, 0.3) is 0 Å². The third-order valence-electron chi connectivity index (χ3n) is 2.89. The Morgan fingerprint density at radius 3 is 2.50 bits per heavy atom. The number of carbonyl (C=O) groups is 1. The molecule has 0 saturated carbocycles. The summed E-state index contributed by atoms with van der Waals surface area (Å²) in [4.78, 5) is 22.4. The van der Waals surface area contributed by atoms with E-state index in [1.807, 2.05) is 0 Å². The number of nitro groups is 1. The van der Waals surface area contributed by atoms with E-state index in [2.05, 4.69) is 0 Å². The van der Waals surface area contributed by atoms with Crippen LogP contribution >= 0.6 is 11.6 Å². The van der Waals surface area contributed by atoms with Gasteiger partial charge in [-0.2, -0.15) is 0 Å². The maximum atomic E-state index is 12.0. The van der Waals surface area contributed by atoms with E-state index < -0.39 is 4.92 Å². The number of ketones is 1. The molecule has 2 aromatic rings. The van der Waals surface area contributed by atoms with E-state index in [9.17, 15) is 14.9 Å². The van der Waals surface area contributed by atoms with Crippen molar-refractivity contribution in [2.24, 2.45) is 0 Å². The van der Waals surface area contributed by atoms with Crippen LogP contribution in [-0.2, 0) is 0 Å². The summed E-state index contributed by atoms with van der Waals surface area (Å²) in [7, 11) is 1.41. The number of nitro benzene ring substituents is 1. The van der Waals surface area contributed by atoms with E-state index in [4.69, 9.17) is 21.1 Å². The first-order valence-corrected chi connectivity index (χ1v) is 6.63. The second-order valence-electron chi connectivity index (χ2n) is 4.31. The lowest BCUT2D eigenvalue weighted by Gasteiger charge is -2.07. The first-order chi connectivity index (χ1) is 10.5. The summed E-state index contributed by atoms with van der Waals surface area (Å²) in [5.74, 6) is 0.0398. The van der Waals surface area contributed by atoms with Crippen LogP contribution in [0.1, 0.15) is 10.4 Å². The Balaban J connectivity index is 2.12. The van der Waals surface area contributed by atoms with Gasteiger partial charge in [0.15, 0.2) is 18.1 Å². The molecule has 0 aliphatic heterocycles. The van der Waals surface area contributed by atoms with Gasteiger partial charge in [-0.3, -0.25) is 14.9 Å². The molecular weight excluding hydrogens is 310 g/mol. The predicted molar refractivity (Wildman–Crippen MR) is 80.9 cm³/mol. The Labute approximate surface area is 131 Å². The zero-order chi connectivity index (χ0) is 16.1. The fraction of sp³-hybridized carbons (Fsp3) is 0.133. The molecular formula is C15H12ClNO5. The fourth-order valence-electron chi connectivity index (χ4n) is 1.75. The normalized spacial score (nSPS) is 10.1. The van der Waals surface area contributed by atoms with Crippen molar-refractivity contribution in [3.8, 4) is 11.5 Å².